The average molecular weight is 298 g/mol. The molecule has 0 amide bonds. The van der Waals surface area contributed by atoms with Crippen molar-refractivity contribution in [1.82, 2.24) is 0 Å². The Morgan fingerprint density at radius 3 is 2.59 bits per heavy atom. The van der Waals surface area contributed by atoms with Gasteiger partial charge in [-0.25, -0.2) is 12.8 Å². The maximum atomic E-state index is 13.1. The molecule has 0 atom stereocenters. The second-order valence-electron chi connectivity index (χ2n) is 3.22. The second-order valence-corrected chi connectivity index (χ2v) is 6.02. The van der Waals surface area contributed by atoms with E-state index in [4.69, 9.17) is 28.9 Å². The molecule has 0 aromatic heterocycles. The van der Waals surface area contributed by atoms with E-state index in [2.05, 4.69) is 0 Å². The van der Waals surface area contributed by atoms with Gasteiger partial charge in [0.05, 0.1) is 9.92 Å². The molecule has 1 aromatic carbocycles. The van der Waals surface area contributed by atoms with Gasteiger partial charge in [0.1, 0.15) is 11.6 Å². The number of hydrogen-bond acceptors (Lipinski definition) is 3. The molecule has 0 saturated heterocycles. The third kappa shape index (κ3) is 3.96. The molecule has 0 saturated carbocycles. The van der Waals surface area contributed by atoms with Gasteiger partial charge in [0.25, 0.3) is 0 Å². The summed E-state index contributed by atoms with van der Waals surface area (Å²) in [6.45, 7) is -0.0598. The van der Waals surface area contributed by atoms with E-state index >= 15 is 0 Å². The van der Waals surface area contributed by atoms with Crippen molar-refractivity contribution in [2.45, 2.75) is 4.90 Å². The SMILES string of the molecule is NC/C=C(\F)CS(=O)(=O)c1ccc(Cl)cc1Cl. The van der Waals surface area contributed by atoms with Gasteiger partial charge in [-0.05, 0) is 24.3 Å². The van der Waals surface area contributed by atoms with Crippen LogP contribution in [0.1, 0.15) is 0 Å². The van der Waals surface area contributed by atoms with Crippen LogP contribution >= 0.6 is 23.2 Å². The summed E-state index contributed by atoms with van der Waals surface area (Å²) in [7, 11) is -3.82. The monoisotopic (exact) mass is 297 g/mol. The Balaban J connectivity index is 3.10. The average Bonchev–Trinajstić information content (AvgIpc) is 2.15. The van der Waals surface area contributed by atoms with Crippen molar-refractivity contribution in [2.24, 2.45) is 5.73 Å². The van der Waals surface area contributed by atoms with Gasteiger partial charge < -0.3 is 5.73 Å². The molecule has 2 N–H and O–H groups in total. The lowest BCUT2D eigenvalue weighted by Crippen LogP contribution is -2.09. The normalized spacial score (nSPS) is 12.8. The molecule has 7 heteroatoms. The number of hydrogen-bond donors (Lipinski definition) is 1. The number of halogens is 3. The lowest BCUT2D eigenvalue weighted by atomic mass is 10.4. The smallest absolute Gasteiger partial charge is 0.186 e. The van der Waals surface area contributed by atoms with Gasteiger partial charge in [-0.1, -0.05) is 23.2 Å². The van der Waals surface area contributed by atoms with Gasteiger partial charge >= 0.3 is 0 Å². The lowest BCUT2D eigenvalue weighted by molar-refractivity contribution is 0.583. The van der Waals surface area contributed by atoms with Crippen LogP contribution in [0.4, 0.5) is 4.39 Å². The maximum Gasteiger partial charge on any atom is 0.186 e. The minimum Gasteiger partial charge on any atom is -0.327 e. The summed E-state index contributed by atoms with van der Waals surface area (Å²) in [5.41, 5.74) is 5.08. The molecule has 0 heterocycles. The van der Waals surface area contributed by atoms with E-state index in [9.17, 15) is 12.8 Å². The number of nitrogens with two attached hydrogens (primary N) is 1. The van der Waals surface area contributed by atoms with Crippen LogP contribution in [0.2, 0.25) is 10.0 Å². The molecule has 1 rings (SSSR count). The number of rotatable bonds is 4. The van der Waals surface area contributed by atoms with Crippen molar-refractivity contribution in [3.63, 3.8) is 0 Å². The number of benzene rings is 1. The Morgan fingerprint density at radius 2 is 2.06 bits per heavy atom. The first-order valence-corrected chi connectivity index (χ1v) is 7.00. The van der Waals surface area contributed by atoms with Crippen molar-refractivity contribution >= 4 is 33.0 Å². The van der Waals surface area contributed by atoms with E-state index in [1.807, 2.05) is 0 Å². The van der Waals surface area contributed by atoms with E-state index in [1.54, 1.807) is 0 Å². The van der Waals surface area contributed by atoms with E-state index in [0.717, 1.165) is 6.08 Å². The Morgan fingerprint density at radius 1 is 1.41 bits per heavy atom. The van der Waals surface area contributed by atoms with Crippen LogP contribution in [-0.4, -0.2) is 20.7 Å². The lowest BCUT2D eigenvalue weighted by Gasteiger charge is -2.05. The first-order chi connectivity index (χ1) is 7.86. The minimum atomic E-state index is -3.82. The van der Waals surface area contributed by atoms with Gasteiger partial charge in [0, 0.05) is 11.6 Å². The van der Waals surface area contributed by atoms with Gasteiger partial charge in [0.15, 0.2) is 9.84 Å². The summed E-state index contributed by atoms with van der Waals surface area (Å²) in [5, 5.41) is 0.282. The molecule has 0 radical (unpaired) electrons. The Bertz CT molecular complexity index is 543. The molecule has 94 valence electrons. The van der Waals surface area contributed by atoms with E-state index in [-0.39, 0.29) is 16.5 Å². The molecule has 3 nitrogen and oxygen atoms in total. The zero-order valence-corrected chi connectivity index (χ0v) is 11.0. The molecule has 0 fully saturated rings. The molecule has 0 aliphatic heterocycles. The summed E-state index contributed by atoms with van der Waals surface area (Å²) >= 11 is 11.4. The van der Waals surface area contributed by atoms with E-state index < -0.39 is 21.4 Å². The predicted molar refractivity (Wildman–Crippen MR) is 66.8 cm³/mol. The first-order valence-electron chi connectivity index (χ1n) is 4.59. The van der Waals surface area contributed by atoms with Gasteiger partial charge in [-0.2, -0.15) is 0 Å². The molecule has 0 spiro atoms. The standard InChI is InChI=1S/C10H10Cl2FNO2S/c11-7-1-2-10(9(12)5-7)17(15,16)6-8(13)3-4-14/h1-3,5H,4,6,14H2/b8-3-. The highest BCUT2D eigenvalue weighted by Gasteiger charge is 2.20. The van der Waals surface area contributed by atoms with Crippen molar-refractivity contribution in [3.05, 3.63) is 40.1 Å². The zero-order chi connectivity index (χ0) is 13.1. The van der Waals surface area contributed by atoms with Crippen LogP contribution in [0.25, 0.3) is 0 Å². The zero-order valence-electron chi connectivity index (χ0n) is 8.66. The van der Waals surface area contributed by atoms with Crippen molar-refractivity contribution in [2.75, 3.05) is 12.3 Å². The van der Waals surface area contributed by atoms with Crippen LogP contribution in [-0.2, 0) is 9.84 Å². The molecule has 0 aliphatic rings. The fourth-order valence-electron chi connectivity index (χ4n) is 1.17. The van der Waals surface area contributed by atoms with Gasteiger partial charge in [-0.3, -0.25) is 0 Å². The van der Waals surface area contributed by atoms with Crippen molar-refractivity contribution in [3.8, 4) is 0 Å². The molecule has 0 bridgehead atoms. The largest absolute Gasteiger partial charge is 0.327 e. The maximum absolute atomic E-state index is 13.1. The highest BCUT2D eigenvalue weighted by molar-refractivity contribution is 7.91. The summed E-state index contributed by atoms with van der Waals surface area (Å²) < 4.78 is 36.7. The molecular weight excluding hydrogens is 288 g/mol. The summed E-state index contributed by atoms with van der Waals surface area (Å²) in [6.07, 6.45) is 1.00. The Kier molecular flexibility index (Phi) is 4.94. The molecule has 1 aromatic rings. The molecular formula is C10H10Cl2FNO2S. The second kappa shape index (κ2) is 5.82. The Hall–Kier alpha value is -0.620. The predicted octanol–water partition coefficient (Wildman–Crippen LogP) is 2.58. The van der Waals surface area contributed by atoms with Gasteiger partial charge in [-0.15, -0.1) is 0 Å². The minimum absolute atomic E-state index is 0.0296. The summed E-state index contributed by atoms with van der Waals surface area (Å²) in [5.74, 6) is -1.57. The van der Waals surface area contributed by atoms with Gasteiger partial charge in [0.2, 0.25) is 0 Å². The van der Waals surface area contributed by atoms with Crippen LogP contribution < -0.4 is 5.73 Å². The highest BCUT2D eigenvalue weighted by atomic mass is 35.5. The fraction of sp³-hybridized carbons (Fsp3) is 0.200. The number of sulfone groups is 1. The van der Waals surface area contributed by atoms with Crippen LogP contribution in [0.5, 0.6) is 0 Å². The topological polar surface area (TPSA) is 60.2 Å². The van der Waals surface area contributed by atoms with Crippen molar-refractivity contribution in [1.29, 1.82) is 0 Å². The molecule has 17 heavy (non-hydrogen) atoms. The third-order valence-electron chi connectivity index (χ3n) is 1.90. The van der Waals surface area contributed by atoms with Crippen molar-refractivity contribution < 1.29 is 12.8 Å². The van der Waals surface area contributed by atoms with Crippen LogP contribution in [0.15, 0.2) is 35.0 Å². The van der Waals surface area contributed by atoms with E-state index in [0.29, 0.717) is 5.02 Å². The Labute approximate surface area is 109 Å². The third-order valence-corrected chi connectivity index (χ3v) is 4.24. The quantitative estimate of drug-likeness (QED) is 0.929. The first kappa shape index (κ1) is 14.4. The van der Waals surface area contributed by atoms with Crippen LogP contribution in [0, 0.1) is 0 Å². The summed E-state index contributed by atoms with van der Waals surface area (Å²) in [6, 6.07) is 3.92. The molecule has 0 unspecified atom stereocenters. The highest BCUT2D eigenvalue weighted by Crippen LogP contribution is 2.26. The van der Waals surface area contributed by atoms with Crippen LogP contribution in [0.3, 0.4) is 0 Å². The van der Waals surface area contributed by atoms with E-state index in [1.165, 1.54) is 18.2 Å². The molecule has 0 aliphatic carbocycles. The summed E-state index contributed by atoms with van der Waals surface area (Å²) in [4.78, 5) is -0.149. The fourth-order valence-corrected chi connectivity index (χ4v) is 3.20.